The van der Waals surface area contributed by atoms with Crippen LogP contribution in [0.15, 0.2) is 24.3 Å². The van der Waals surface area contributed by atoms with Gasteiger partial charge in [0.05, 0.1) is 12.7 Å². The number of urea groups is 1. The molecule has 4 amide bonds. The van der Waals surface area contributed by atoms with E-state index >= 15 is 0 Å². The second-order valence-corrected chi connectivity index (χ2v) is 6.30. The number of carbonyl (C=O) groups is 4. The molecule has 0 saturated heterocycles. The molecule has 142 valence electrons. The Labute approximate surface area is 151 Å². The predicted molar refractivity (Wildman–Crippen MR) is 92.7 cm³/mol. The van der Waals surface area contributed by atoms with Crippen molar-refractivity contribution in [3.8, 4) is 5.75 Å². The molecular formula is C17H23N3O6. The molecule has 0 unspecified atom stereocenters. The first kappa shape index (κ1) is 20.9. The highest BCUT2D eigenvalue weighted by Crippen LogP contribution is 2.16. The third kappa shape index (κ3) is 7.65. The molecule has 0 aliphatic carbocycles. The molecule has 1 aromatic carbocycles. The summed E-state index contributed by atoms with van der Waals surface area (Å²) in [5.41, 5.74) is -0.247. The fraction of sp³-hybridized carbons (Fsp3) is 0.412. The molecule has 0 aliphatic heterocycles. The maximum atomic E-state index is 12.0. The van der Waals surface area contributed by atoms with Crippen molar-refractivity contribution in [2.75, 3.05) is 20.3 Å². The number of imide groups is 1. The maximum Gasteiger partial charge on any atom is 0.325 e. The first-order valence-electron chi connectivity index (χ1n) is 7.81. The molecule has 1 rings (SSSR count). The van der Waals surface area contributed by atoms with Crippen LogP contribution in [0.5, 0.6) is 5.75 Å². The molecule has 0 aromatic heterocycles. The normalized spacial score (nSPS) is 10.5. The summed E-state index contributed by atoms with van der Waals surface area (Å²) in [5, 5.41) is 6.92. The Balaban J connectivity index is 2.37. The SMILES string of the molecule is COc1ccccc1C(=O)NCC(=O)OCC(=O)NC(=O)NC(C)(C)C. The number of amides is 4. The number of ether oxygens (including phenoxy) is 2. The zero-order valence-corrected chi connectivity index (χ0v) is 15.2. The van der Waals surface area contributed by atoms with Gasteiger partial charge in [-0.05, 0) is 32.9 Å². The average Bonchev–Trinajstić information content (AvgIpc) is 2.55. The van der Waals surface area contributed by atoms with Gasteiger partial charge in [-0.2, -0.15) is 0 Å². The smallest absolute Gasteiger partial charge is 0.325 e. The molecule has 0 fully saturated rings. The topological polar surface area (TPSA) is 123 Å². The second kappa shape index (κ2) is 9.40. The quantitative estimate of drug-likeness (QED) is 0.634. The second-order valence-electron chi connectivity index (χ2n) is 6.30. The summed E-state index contributed by atoms with van der Waals surface area (Å²) in [6, 6.07) is 5.82. The van der Waals surface area contributed by atoms with E-state index in [9.17, 15) is 19.2 Å². The van der Waals surface area contributed by atoms with Crippen molar-refractivity contribution >= 4 is 23.8 Å². The molecule has 0 spiro atoms. The molecular weight excluding hydrogens is 342 g/mol. The van der Waals surface area contributed by atoms with Gasteiger partial charge in [-0.3, -0.25) is 19.7 Å². The van der Waals surface area contributed by atoms with Crippen molar-refractivity contribution in [3.05, 3.63) is 29.8 Å². The molecule has 0 saturated carbocycles. The zero-order chi connectivity index (χ0) is 19.7. The fourth-order valence-electron chi connectivity index (χ4n) is 1.81. The van der Waals surface area contributed by atoms with Gasteiger partial charge in [-0.15, -0.1) is 0 Å². The van der Waals surface area contributed by atoms with Crippen molar-refractivity contribution in [1.82, 2.24) is 16.0 Å². The number of nitrogens with one attached hydrogen (secondary N) is 3. The lowest BCUT2D eigenvalue weighted by Gasteiger charge is -2.20. The largest absolute Gasteiger partial charge is 0.496 e. The minimum atomic E-state index is -0.820. The number of para-hydroxylation sites is 1. The van der Waals surface area contributed by atoms with Gasteiger partial charge in [0, 0.05) is 5.54 Å². The first-order valence-corrected chi connectivity index (χ1v) is 7.81. The standard InChI is InChI=1S/C17H23N3O6/c1-17(2,3)20-16(24)19-13(21)10-26-14(22)9-18-15(23)11-7-5-6-8-12(11)25-4/h5-8H,9-10H2,1-4H3,(H,18,23)(H2,19,20,21,24). The van der Waals surface area contributed by atoms with E-state index in [-0.39, 0.29) is 5.56 Å². The van der Waals surface area contributed by atoms with Gasteiger partial charge in [0.1, 0.15) is 12.3 Å². The van der Waals surface area contributed by atoms with Gasteiger partial charge >= 0.3 is 12.0 Å². The Morgan fingerprint density at radius 3 is 2.35 bits per heavy atom. The van der Waals surface area contributed by atoms with Gasteiger partial charge in [0.25, 0.3) is 11.8 Å². The number of benzene rings is 1. The number of hydrogen-bond acceptors (Lipinski definition) is 6. The van der Waals surface area contributed by atoms with Gasteiger partial charge in [0.15, 0.2) is 6.61 Å². The van der Waals surface area contributed by atoms with E-state index in [2.05, 4.69) is 10.6 Å². The van der Waals surface area contributed by atoms with Crippen LogP contribution < -0.4 is 20.7 Å². The molecule has 0 bridgehead atoms. The van der Waals surface area contributed by atoms with E-state index in [4.69, 9.17) is 9.47 Å². The van der Waals surface area contributed by atoms with Crippen LogP contribution in [0.4, 0.5) is 4.79 Å². The maximum absolute atomic E-state index is 12.0. The number of rotatable bonds is 6. The van der Waals surface area contributed by atoms with Crippen molar-refractivity contribution in [3.63, 3.8) is 0 Å². The Kier molecular flexibility index (Phi) is 7.57. The number of hydrogen-bond donors (Lipinski definition) is 3. The highest BCUT2D eigenvalue weighted by atomic mass is 16.5. The highest BCUT2D eigenvalue weighted by molar-refractivity contribution is 5.99. The number of methoxy groups -OCH3 is 1. The van der Waals surface area contributed by atoms with Gasteiger partial charge in [0.2, 0.25) is 0 Å². The zero-order valence-electron chi connectivity index (χ0n) is 15.2. The minimum Gasteiger partial charge on any atom is -0.496 e. The van der Waals surface area contributed by atoms with E-state index in [1.54, 1.807) is 45.0 Å². The lowest BCUT2D eigenvalue weighted by Crippen LogP contribution is -2.49. The summed E-state index contributed by atoms with van der Waals surface area (Å²) in [6.07, 6.45) is 0. The molecule has 1 aromatic rings. The molecule has 0 atom stereocenters. The fourth-order valence-corrected chi connectivity index (χ4v) is 1.81. The molecule has 9 nitrogen and oxygen atoms in total. The first-order chi connectivity index (χ1) is 12.1. The van der Waals surface area contributed by atoms with Crippen LogP contribution in [0.2, 0.25) is 0 Å². The summed E-state index contributed by atoms with van der Waals surface area (Å²) in [6.45, 7) is 4.18. The van der Waals surface area contributed by atoms with Gasteiger partial charge in [-0.25, -0.2) is 4.79 Å². The van der Waals surface area contributed by atoms with E-state index < -0.39 is 42.5 Å². The Hall–Kier alpha value is -3.10. The van der Waals surface area contributed by atoms with Crippen molar-refractivity contribution in [2.24, 2.45) is 0 Å². The molecule has 26 heavy (non-hydrogen) atoms. The Morgan fingerprint density at radius 1 is 1.08 bits per heavy atom. The number of carbonyl (C=O) groups excluding carboxylic acids is 4. The van der Waals surface area contributed by atoms with E-state index in [1.165, 1.54) is 7.11 Å². The van der Waals surface area contributed by atoms with E-state index in [0.717, 1.165) is 0 Å². The summed E-state index contributed by atoms with van der Waals surface area (Å²) in [7, 11) is 1.43. The van der Waals surface area contributed by atoms with Crippen LogP contribution in [-0.2, 0) is 14.3 Å². The van der Waals surface area contributed by atoms with E-state index in [1.807, 2.05) is 5.32 Å². The molecule has 0 radical (unpaired) electrons. The van der Waals surface area contributed by atoms with Crippen molar-refractivity contribution in [1.29, 1.82) is 0 Å². The lowest BCUT2D eigenvalue weighted by molar-refractivity contribution is -0.147. The summed E-state index contributed by atoms with van der Waals surface area (Å²) in [5.74, 6) is -1.76. The molecule has 0 aliphatic rings. The molecule has 9 heteroatoms. The van der Waals surface area contributed by atoms with Crippen LogP contribution in [0, 0.1) is 0 Å². The predicted octanol–water partition coefficient (Wildman–Crippen LogP) is 0.593. The molecule has 0 heterocycles. The Morgan fingerprint density at radius 2 is 1.73 bits per heavy atom. The average molecular weight is 365 g/mol. The van der Waals surface area contributed by atoms with Crippen LogP contribution in [0.3, 0.4) is 0 Å². The van der Waals surface area contributed by atoms with Crippen LogP contribution in [0.1, 0.15) is 31.1 Å². The highest BCUT2D eigenvalue weighted by Gasteiger charge is 2.17. The van der Waals surface area contributed by atoms with Crippen LogP contribution in [0.25, 0.3) is 0 Å². The summed E-state index contributed by atoms with van der Waals surface area (Å²) < 4.78 is 9.76. The summed E-state index contributed by atoms with van der Waals surface area (Å²) >= 11 is 0. The van der Waals surface area contributed by atoms with Crippen LogP contribution >= 0.6 is 0 Å². The third-order valence-electron chi connectivity index (χ3n) is 2.85. The molecule has 3 N–H and O–H groups in total. The van der Waals surface area contributed by atoms with Crippen LogP contribution in [-0.4, -0.2) is 49.6 Å². The lowest BCUT2D eigenvalue weighted by atomic mass is 10.1. The van der Waals surface area contributed by atoms with Gasteiger partial charge < -0.3 is 20.1 Å². The third-order valence-corrected chi connectivity index (χ3v) is 2.85. The van der Waals surface area contributed by atoms with E-state index in [0.29, 0.717) is 5.75 Å². The van der Waals surface area contributed by atoms with Crippen molar-refractivity contribution in [2.45, 2.75) is 26.3 Å². The minimum absolute atomic E-state index is 0.263. The van der Waals surface area contributed by atoms with Gasteiger partial charge in [-0.1, -0.05) is 12.1 Å². The monoisotopic (exact) mass is 365 g/mol. The summed E-state index contributed by atoms with van der Waals surface area (Å²) in [4.78, 5) is 46.6. The van der Waals surface area contributed by atoms with Crippen molar-refractivity contribution < 1.29 is 28.7 Å². The Bertz CT molecular complexity index is 681. The number of esters is 1.